The van der Waals surface area contributed by atoms with Crippen LogP contribution >= 0.6 is 11.3 Å². The second-order valence-electron chi connectivity index (χ2n) is 6.17. The SMILES string of the molecule is CCOC(=O)c1cccc(OCC(=O)Nc2sc(-c3ccccc3)cc2C(N)=O)c1. The molecule has 0 atom stereocenters. The van der Waals surface area contributed by atoms with Crippen molar-refractivity contribution in [1.29, 1.82) is 0 Å². The molecule has 0 unspecified atom stereocenters. The molecule has 2 amide bonds. The lowest BCUT2D eigenvalue weighted by molar-refractivity contribution is -0.118. The normalized spacial score (nSPS) is 10.3. The van der Waals surface area contributed by atoms with Gasteiger partial charge in [0.25, 0.3) is 11.8 Å². The number of thiophene rings is 1. The van der Waals surface area contributed by atoms with Crippen molar-refractivity contribution in [3.05, 3.63) is 71.8 Å². The van der Waals surface area contributed by atoms with E-state index in [1.165, 1.54) is 17.4 Å². The van der Waals surface area contributed by atoms with E-state index in [4.69, 9.17) is 15.2 Å². The topological polar surface area (TPSA) is 108 Å². The summed E-state index contributed by atoms with van der Waals surface area (Å²) in [5, 5.41) is 3.03. The zero-order valence-electron chi connectivity index (χ0n) is 16.2. The van der Waals surface area contributed by atoms with Gasteiger partial charge < -0.3 is 20.5 Å². The Morgan fingerprint density at radius 2 is 1.80 bits per heavy atom. The highest BCUT2D eigenvalue weighted by Crippen LogP contribution is 2.35. The first kappa shape index (κ1) is 21.1. The monoisotopic (exact) mass is 424 g/mol. The van der Waals surface area contributed by atoms with Crippen LogP contribution in [-0.2, 0) is 9.53 Å². The molecule has 154 valence electrons. The Bertz CT molecular complexity index is 1060. The lowest BCUT2D eigenvalue weighted by atomic mass is 10.1. The number of nitrogens with two attached hydrogens (primary N) is 1. The van der Waals surface area contributed by atoms with E-state index >= 15 is 0 Å². The number of benzene rings is 2. The Morgan fingerprint density at radius 1 is 1.03 bits per heavy atom. The van der Waals surface area contributed by atoms with Gasteiger partial charge in [0.15, 0.2) is 6.61 Å². The first-order valence-corrected chi connectivity index (χ1v) is 9.98. The third-order valence-electron chi connectivity index (χ3n) is 4.02. The van der Waals surface area contributed by atoms with Crippen LogP contribution in [0.25, 0.3) is 10.4 Å². The first-order chi connectivity index (χ1) is 14.5. The smallest absolute Gasteiger partial charge is 0.338 e. The van der Waals surface area contributed by atoms with E-state index in [0.29, 0.717) is 16.3 Å². The van der Waals surface area contributed by atoms with Gasteiger partial charge in [0, 0.05) is 4.88 Å². The van der Waals surface area contributed by atoms with Crippen LogP contribution in [0.3, 0.4) is 0 Å². The molecular formula is C22H20N2O5S. The van der Waals surface area contributed by atoms with Crippen molar-refractivity contribution in [2.45, 2.75) is 6.92 Å². The fraction of sp³-hybridized carbons (Fsp3) is 0.136. The lowest BCUT2D eigenvalue weighted by Gasteiger charge is -2.08. The molecule has 0 bridgehead atoms. The number of amides is 2. The summed E-state index contributed by atoms with van der Waals surface area (Å²) in [7, 11) is 0. The first-order valence-electron chi connectivity index (χ1n) is 9.16. The van der Waals surface area contributed by atoms with Crippen LogP contribution in [0.4, 0.5) is 5.00 Å². The molecule has 1 heterocycles. The number of anilines is 1. The Kier molecular flexibility index (Phi) is 6.82. The van der Waals surface area contributed by atoms with Crippen LogP contribution < -0.4 is 15.8 Å². The van der Waals surface area contributed by atoms with Crippen LogP contribution in [-0.4, -0.2) is 31.0 Å². The molecule has 1 aromatic heterocycles. The number of carbonyl (C=O) groups excluding carboxylic acids is 3. The molecule has 0 aliphatic carbocycles. The van der Waals surface area contributed by atoms with Gasteiger partial charge in [-0.1, -0.05) is 36.4 Å². The van der Waals surface area contributed by atoms with Gasteiger partial charge in [-0.2, -0.15) is 0 Å². The minimum absolute atomic E-state index is 0.233. The summed E-state index contributed by atoms with van der Waals surface area (Å²) >= 11 is 1.25. The van der Waals surface area contributed by atoms with Crippen molar-refractivity contribution in [3.63, 3.8) is 0 Å². The Morgan fingerprint density at radius 3 is 2.50 bits per heavy atom. The van der Waals surface area contributed by atoms with Gasteiger partial charge in [-0.15, -0.1) is 11.3 Å². The van der Waals surface area contributed by atoms with Gasteiger partial charge in [-0.05, 0) is 36.8 Å². The summed E-state index contributed by atoms with van der Waals surface area (Å²) in [6, 6.07) is 17.5. The summed E-state index contributed by atoms with van der Waals surface area (Å²) in [6.45, 7) is 1.68. The fourth-order valence-electron chi connectivity index (χ4n) is 2.65. The second kappa shape index (κ2) is 9.71. The number of rotatable bonds is 8. The third-order valence-corrected chi connectivity index (χ3v) is 5.12. The molecule has 3 aromatic rings. The van der Waals surface area contributed by atoms with Gasteiger partial charge in [0.2, 0.25) is 0 Å². The molecule has 3 N–H and O–H groups in total. The van der Waals surface area contributed by atoms with E-state index in [9.17, 15) is 14.4 Å². The van der Waals surface area contributed by atoms with Gasteiger partial charge >= 0.3 is 5.97 Å². The molecular weight excluding hydrogens is 404 g/mol. The second-order valence-corrected chi connectivity index (χ2v) is 7.22. The highest BCUT2D eigenvalue weighted by atomic mass is 32.1. The zero-order chi connectivity index (χ0) is 21.5. The number of ether oxygens (including phenoxy) is 2. The molecule has 0 aliphatic rings. The Labute approximate surface area is 177 Å². The highest BCUT2D eigenvalue weighted by Gasteiger charge is 2.17. The van der Waals surface area contributed by atoms with E-state index in [0.717, 1.165) is 10.4 Å². The molecule has 0 fully saturated rings. The maximum Gasteiger partial charge on any atom is 0.338 e. The maximum atomic E-state index is 12.4. The number of hydrogen-bond acceptors (Lipinski definition) is 6. The number of primary amides is 1. The quantitative estimate of drug-likeness (QED) is 0.536. The number of esters is 1. The van der Waals surface area contributed by atoms with Crippen molar-refractivity contribution in [2.24, 2.45) is 5.73 Å². The van der Waals surface area contributed by atoms with E-state index in [-0.39, 0.29) is 18.8 Å². The molecule has 0 radical (unpaired) electrons. The molecule has 8 heteroatoms. The minimum Gasteiger partial charge on any atom is -0.484 e. The Balaban J connectivity index is 1.68. The predicted octanol–water partition coefficient (Wildman–Crippen LogP) is 3.71. The van der Waals surface area contributed by atoms with Crippen molar-refractivity contribution >= 4 is 34.1 Å². The van der Waals surface area contributed by atoms with E-state index in [1.54, 1.807) is 31.2 Å². The van der Waals surface area contributed by atoms with E-state index < -0.39 is 17.8 Å². The summed E-state index contributed by atoms with van der Waals surface area (Å²) in [5.41, 5.74) is 6.94. The molecule has 7 nitrogen and oxygen atoms in total. The Hall–Kier alpha value is -3.65. The molecule has 3 rings (SSSR count). The highest BCUT2D eigenvalue weighted by molar-refractivity contribution is 7.20. The van der Waals surface area contributed by atoms with Crippen LogP contribution in [0.5, 0.6) is 5.75 Å². The average molecular weight is 424 g/mol. The van der Waals surface area contributed by atoms with E-state index in [2.05, 4.69) is 5.32 Å². The third kappa shape index (κ3) is 5.24. The van der Waals surface area contributed by atoms with Crippen molar-refractivity contribution in [3.8, 4) is 16.2 Å². The van der Waals surface area contributed by atoms with Crippen LogP contribution in [0.1, 0.15) is 27.6 Å². The number of carbonyl (C=O) groups is 3. The molecule has 0 spiro atoms. The largest absolute Gasteiger partial charge is 0.484 e. The minimum atomic E-state index is -0.633. The van der Waals surface area contributed by atoms with E-state index in [1.807, 2.05) is 30.3 Å². The number of nitrogens with one attached hydrogen (secondary N) is 1. The molecule has 0 aliphatic heterocycles. The van der Waals surface area contributed by atoms with Crippen LogP contribution in [0, 0.1) is 0 Å². The van der Waals surface area contributed by atoms with Crippen LogP contribution in [0.2, 0.25) is 0 Å². The van der Waals surface area contributed by atoms with Crippen molar-refractivity contribution < 1.29 is 23.9 Å². The van der Waals surface area contributed by atoms with Gasteiger partial charge in [-0.3, -0.25) is 9.59 Å². The predicted molar refractivity (Wildman–Crippen MR) is 115 cm³/mol. The van der Waals surface area contributed by atoms with Gasteiger partial charge in [-0.25, -0.2) is 4.79 Å². The summed E-state index contributed by atoms with van der Waals surface area (Å²) in [6.07, 6.45) is 0. The standard InChI is InChI=1S/C22H20N2O5S/c1-2-28-22(27)15-9-6-10-16(11-15)29-13-19(25)24-21-17(20(23)26)12-18(30-21)14-7-4-3-5-8-14/h3-12H,2,13H2,1H3,(H2,23,26)(H,24,25). The molecule has 2 aromatic carbocycles. The number of hydrogen-bond donors (Lipinski definition) is 2. The summed E-state index contributed by atoms with van der Waals surface area (Å²) < 4.78 is 10.4. The average Bonchev–Trinajstić information content (AvgIpc) is 3.17. The molecule has 0 saturated carbocycles. The van der Waals surface area contributed by atoms with Crippen LogP contribution in [0.15, 0.2) is 60.7 Å². The van der Waals surface area contributed by atoms with Gasteiger partial charge in [0.05, 0.1) is 17.7 Å². The molecule has 0 saturated heterocycles. The maximum absolute atomic E-state index is 12.4. The lowest BCUT2D eigenvalue weighted by Crippen LogP contribution is -2.21. The zero-order valence-corrected chi connectivity index (χ0v) is 17.0. The van der Waals surface area contributed by atoms with Crippen molar-refractivity contribution in [1.82, 2.24) is 0 Å². The summed E-state index contributed by atoms with van der Waals surface area (Å²) in [4.78, 5) is 36.7. The fourth-order valence-corrected chi connectivity index (χ4v) is 3.74. The summed E-state index contributed by atoms with van der Waals surface area (Å²) in [5.74, 6) is -1.21. The van der Waals surface area contributed by atoms with Gasteiger partial charge in [0.1, 0.15) is 10.8 Å². The molecule has 30 heavy (non-hydrogen) atoms. The van der Waals surface area contributed by atoms with Crippen molar-refractivity contribution in [2.75, 3.05) is 18.5 Å².